The van der Waals surface area contributed by atoms with E-state index in [-0.39, 0.29) is 18.5 Å². The first-order chi connectivity index (χ1) is 8.90. The van der Waals surface area contributed by atoms with Crippen molar-refractivity contribution >= 4 is 12.4 Å². The number of hydrogen-bond donors (Lipinski definition) is 1. The monoisotopic (exact) mass is 277 g/mol. The van der Waals surface area contributed by atoms with Crippen LogP contribution in [0.4, 0.5) is 0 Å². The fourth-order valence-electron chi connectivity index (χ4n) is 2.49. The van der Waals surface area contributed by atoms with Gasteiger partial charge in [0.25, 0.3) is 0 Å². The van der Waals surface area contributed by atoms with Crippen molar-refractivity contribution in [2.45, 2.75) is 12.5 Å². The van der Waals surface area contributed by atoms with Crippen molar-refractivity contribution in [1.82, 2.24) is 10.2 Å². The fourth-order valence-corrected chi connectivity index (χ4v) is 2.49. The first kappa shape index (κ1) is 13.9. The molecule has 0 saturated carbocycles. The van der Waals surface area contributed by atoms with E-state index in [9.17, 15) is 0 Å². The summed E-state index contributed by atoms with van der Waals surface area (Å²) in [6.07, 6.45) is 4.45. The van der Waals surface area contributed by atoms with E-state index in [0.29, 0.717) is 6.54 Å². The van der Waals surface area contributed by atoms with Crippen LogP contribution >= 0.6 is 12.4 Å². The molecule has 0 spiro atoms. The summed E-state index contributed by atoms with van der Waals surface area (Å²) in [6, 6.07) is 8.25. The molecule has 19 heavy (non-hydrogen) atoms. The van der Waals surface area contributed by atoms with E-state index in [1.54, 1.807) is 12.4 Å². The molecule has 2 heterocycles. The highest BCUT2D eigenvalue weighted by Crippen LogP contribution is 2.33. The Morgan fingerprint density at radius 3 is 2.89 bits per heavy atom. The van der Waals surface area contributed by atoms with E-state index in [2.05, 4.69) is 22.3 Å². The minimum absolute atomic E-state index is 0. The number of aromatic nitrogens is 2. The summed E-state index contributed by atoms with van der Waals surface area (Å²) in [4.78, 5) is 0. The van der Waals surface area contributed by atoms with Crippen LogP contribution in [0.5, 0.6) is 0 Å². The molecule has 0 aliphatic carbocycles. The minimum atomic E-state index is 0. The van der Waals surface area contributed by atoms with Gasteiger partial charge in [-0.15, -0.1) is 12.4 Å². The third kappa shape index (κ3) is 2.61. The molecule has 1 atom stereocenters. The van der Waals surface area contributed by atoms with Crippen LogP contribution in [-0.4, -0.2) is 23.3 Å². The van der Waals surface area contributed by atoms with Gasteiger partial charge >= 0.3 is 0 Å². The highest BCUT2D eigenvalue weighted by molar-refractivity contribution is 5.85. The van der Waals surface area contributed by atoms with Gasteiger partial charge in [-0.2, -0.15) is 10.2 Å². The van der Waals surface area contributed by atoms with Crippen LogP contribution in [0.1, 0.15) is 17.2 Å². The zero-order chi connectivity index (χ0) is 12.4. The molecule has 2 aromatic rings. The van der Waals surface area contributed by atoms with Gasteiger partial charge in [0.2, 0.25) is 0 Å². The summed E-state index contributed by atoms with van der Waals surface area (Å²) in [5.41, 5.74) is 10.6. The number of ether oxygens (including phenoxy) is 1. The largest absolute Gasteiger partial charge is 0.372 e. The summed E-state index contributed by atoms with van der Waals surface area (Å²) < 4.78 is 5.69. The molecule has 4 nitrogen and oxygen atoms in total. The van der Waals surface area contributed by atoms with Crippen LogP contribution in [0, 0.1) is 0 Å². The lowest BCUT2D eigenvalue weighted by Crippen LogP contribution is -2.23. The quantitative estimate of drug-likeness (QED) is 0.914. The van der Waals surface area contributed by atoms with Crippen molar-refractivity contribution in [3.05, 3.63) is 47.8 Å². The van der Waals surface area contributed by atoms with E-state index in [0.717, 1.165) is 18.6 Å². The van der Waals surface area contributed by atoms with Gasteiger partial charge in [-0.1, -0.05) is 18.2 Å². The Bertz CT molecular complexity index is 548. The third-order valence-electron chi connectivity index (χ3n) is 3.34. The Kier molecular flexibility index (Phi) is 4.47. The summed E-state index contributed by atoms with van der Waals surface area (Å²) >= 11 is 0. The van der Waals surface area contributed by atoms with Crippen LogP contribution in [0.25, 0.3) is 11.1 Å². The lowest BCUT2D eigenvalue weighted by molar-refractivity contribution is 0.0486. The molecule has 2 N–H and O–H groups in total. The Labute approximate surface area is 118 Å². The molecule has 1 aliphatic rings. The number of nitrogens with zero attached hydrogens (tertiary/aromatic N) is 2. The number of halogens is 1. The van der Waals surface area contributed by atoms with E-state index in [4.69, 9.17) is 10.5 Å². The molecule has 100 valence electrons. The van der Waals surface area contributed by atoms with Crippen molar-refractivity contribution in [1.29, 1.82) is 0 Å². The number of nitrogens with two attached hydrogens (primary N) is 1. The summed E-state index contributed by atoms with van der Waals surface area (Å²) in [6.45, 7) is 1.25. The summed E-state index contributed by atoms with van der Waals surface area (Å²) in [5.74, 6) is 0. The maximum absolute atomic E-state index is 5.76. The molecule has 0 unspecified atom stereocenters. The fraction of sp³-hybridized carbons (Fsp3) is 0.286. The molecule has 0 amide bonds. The average Bonchev–Trinajstić information content (AvgIpc) is 2.47. The molecule has 1 aromatic heterocycles. The third-order valence-corrected chi connectivity index (χ3v) is 3.34. The highest BCUT2D eigenvalue weighted by atomic mass is 35.5. The van der Waals surface area contributed by atoms with Crippen molar-refractivity contribution in [2.75, 3.05) is 13.2 Å². The number of benzene rings is 1. The van der Waals surface area contributed by atoms with Gasteiger partial charge in [0.05, 0.1) is 25.1 Å². The van der Waals surface area contributed by atoms with Crippen LogP contribution in [0.15, 0.2) is 36.7 Å². The molecule has 0 bridgehead atoms. The maximum atomic E-state index is 5.76. The molecule has 5 heteroatoms. The van der Waals surface area contributed by atoms with Crippen LogP contribution < -0.4 is 5.73 Å². The predicted octanol–water partition coefficient (Wildman–Crippen LogP) is 2.14. The van der Waals surface area contributed by atoms with Gasteiger partial charge in [0, 0.05) is 12.1 Å². The van der Waals surface area contributed by atoms with Gasteiger partial charge in [-0.05, 0) is 29.2 Å². The van der Waals surface area contributed by atoms with Crippen LogP contribution in [-0.2, 0) is 11.2 Å². The summed E-state index contributed by atoms with van der Waals surface area (Å²) in [5, 5.41) is 7.76. The maximum Gasteiger partial charge on any atom is 0.0950 e. The van der Waals surface area contributed by atoms with Crippen LogP contribution in [0.2, 0.25) is 0 Å². The van der Waals surface area contributed by atoms with Gasteiger partial charge in [-0.3, -0.25) is 0 Å². The Morgan fingerprint density at radius 1 is 1.26 bits per heavy atom. The summed E-state index contributed by atoms with van der Waals surface area (Å²) in [7, 11) is 0. The lowest BCUT2D eigenvalue weighted by atomic mass is 9.90. The van der Waals surface area contributed by atoms with E-state index in [1.165, 1.54) is 16.7 Å². The van der Waals surface area contributed by atoms with Crippen molar-refractivity contribution in [3.8, 4) is 11.1 Å². The lowest BCUT2D eigenvalue weighted by Gasteiger charge is -2.26. The predicted molar refractivity (Wildman–Crippen MR) is 76.2 cm³/mol. The molecular weight excluding hydrogens is 262 g/mol. The van der Waals surface area contributed by atoms with Gasteiger partial charge in [0.1, 0.15) is 0 Å². The second-order valence-corrected chi connectivity index (χ2v) is 4.35. The smallest absolute Gasteiger partial charge is 0.0950 e. The average molecular weight is 278 g/mol. The van der Waals surface area contributed by atoms with Crippen molar-refractivity contribution in [3.63, 3.8) is 0 Å². The molecule has 0 radical (unpaired) electrons. The SMILES string of the molecule is Cl.NC[C@H]1OCCc2c(-c3ccnnc3)cccc21. The molecule has 1 aromatic carbocycles. The van der Waals surface area contributed by atoms with Crippen molar-refractivity contribution < 1.29 is 4.74 Å². The zero-order valence-electron chi connectivity index (χ0n) is 10.5. The van der Waals surface area contributed by atoms with E-state index >= 15 is 0 Å². The Hall–Kier alpha value is -1.49. The minimum Gasteiger partial charge on any atom is -0.372 e. The highest BCUT2D eigenvalue weighted by Gasteiger charge is 2.21. The molecule has 0 fully saturated rings. The molecular formula is C14H16ClN3O. The van der Waals surface area contributed by atoms with Crippen LogP contribution in [0.3, 0.4) is 0 Å². The Morgan fingerprint density at radius 2 is 2.16 bits per heavy atom. The van der Waals surface area contributed by atoms with Gasteiger partial charge in [-0.25, -0.2) is 0 Å². The number of fused-ring (bicyclic) bond motifs is 1. The molecule has 1 aliphatic heterocycles. The van der Waals surface area contributed by atoms with E-state index < -0.39 is 0 Å². The number of rotatable bonds is 2. The standard InChI is InChI=1S/C14H15N3O.ClH/c15-8-14-13-3-1-2-11(12(13)5-7-18-14)10-4-6-16-17-9-10;/h1-4,6,9,14H,5,7-8,15H2;1H/t14-;/m1./s1. The topological polar surface area (TPSA) is 61.0 Å². The second-order valence-electron chi connectivity index (χ2n) is 4.35. The number of hydrogen-bond acceptors (Lipinski definition) is 4. The normalized spacial score (nSPS) is 17.4. The molecule has 0 saturated heterocycles. The van der Waals surface area contributed by atoms with Crippen molar-refractivity contribution in [2.24, 2.45) is 5.73 Å². The first-order valence-electron chi connectivity index (χ1n) is 6.10. The Balaban J connectivity index is 0.00000133. The second kappa shape index (κ2) is 6.10. The first-order valence-corrected chi connectivity index (χ1v) is 6.10. The zero-order valence-corrected chi connectivity index (χ0v) is 11.3. The molecule has 3 rings (SSSR count). The van der Waals surface area contributed by atoms with Gasteiger partial charge < -0.3 is 10.5 Å². The van der Waals surface area contributed by atoms with Gasteiger partial charge in [0.15, 0.2) is 0 Å². The van der Waals surface area contributed by atoms with E-state index in [1.807, 2.05) is 12.1 Å².